The van der Waals surface area contributed by atoms with Gasteiger partial charge < -0.3 is 4.84 Å². The third kappa shape index (κ3) is 4.66. The van der Waals surface area contributed by atoms with Gasteiger partial charge in [-0.25, -0.2) is 4.79 Å². The van der Waals surface area contributed by atoms with Crippen LogP contribution in [0.5, 0.6) is 0 Å². The molecule has 0 amide bonds. The number of nitro groups is 1. The number of hydrogen-bond acceptors (Lipinski definition) is 6. The van der Waals surface area contributed by atoms with Gasteiger partial charge in [0.25, 0.3) is 5.69 Å². The lowest BCUT2D eigenvalue weighted by Crippen LogP contribution is -2.01. The van der Waals surface area contributed by atoms with Crippen LogP contribution in [-0.2, 0) is 9.63 Å². The zero-order chi connectivity index (χ0) is 17.7. The van der Waals surface area contributed by atoms with Gasteiger partial charge in [0.2, 0.25) is 0 Å². The van der Waals surface area contributed by atoms with Crippen LogP contribution in [0.2, 0.25) is 0 Å². The van der Waals surface area contributed by atoms with Crippen molar-refractivity contribution in [3.05, 3.63) is 63.7 Å². The van der Waals surface area contributed by atoms with Crippen LogP contribution in [0.1, 0.15) is 25.0 Å². The summed E-state index contributed by atoms with van der Waals surface area (Å²) in [6.07, 6.45) is 0. The highest BCUT2D eigenvalue weighted by Gasteiger charge is 2.08. The molecule has 0 heterocycles. The molecular formula is C17H16N2O4S. The second-order valence-electron chi connectivity index (χ2n) is 5.09. The minimum Gasteiger partial charge on any atom is -0.318 e. The van der Waals surface area contributed by atoms with Gasteiger partial charge in [-0.15, -0.1) is 0 Å². The fourth-order valence-corrected chi connectivity index (χ4v) is 2.98. The van der Waals surface area contributed by atoms with Crippen LogP contribution in [0.15, 0.2) is 57.4 Å². The Hall–Kier alpha value is -2.67. The minimum absolute atomic E-state index is 0.0724. The van der Waals surface area contributed by atoms with Crippen LogP contribution in [0.4, 0.5) is 5.69 Å². The molecule has 7 heteroatoms. The van der Waals surface area contributed by atoms with E-state index in [1.54, 1.807) is 19.1 Å². The summed E-state index contributed by atoms with van der Waals surface area (Å²) in [6.45, 7) is 5.02. The lowest BCUT2D eigenvalue weighted by Gasteiger charge is -2.08. The average molecular weight is 344 g/mol. The van der Waals surface area contributed by atoms with E-state index in [-0.39, 0.29) is 5.69 Å². The zero-order valence-corrected chi connectivity index (χ0v) is 14.3. The van der Waals surface area contributed by atoms with Gasteiger partial charge in [0.15, 0.2) is 0 Å². The predicted octanol–water partition coefficient (Wildman–Crippen LogP) is 4.34. The summed E-state index contributed by atoms with van der Waals surface area (Å²) < 4.78 is 0. The molecule has 0 aliphatic carbocycles. The van der Waals surface area contributed by atoms with Gasteiger partial charge in [-0.05, 0) is 43.7 Å². The van der Waals surface area contributed by atoms with Gasteiger partial charge in [0.05, 0.1) is 10.6 Å². The largest absolute Gasteiger partial charge is 0.331 e. The molecule has 0 spiro atoms. The summed E-state index contributed by atoms with van der Waals surface area (Å²) in [5, 5.41) is 14.5. The fraction of sp³-hybridized carbons (Fsp3) is 0.176. The van der Waals surface area contributed by atoms with Crippen LogP contribution in [0.3, 0.4) is 0 Å². The van der Waals surface area contributed by atoms with Crippen LogP contribution >= 0.6 is 11.8 Å². The molecule has 0 saturated heterocycles. The summed E-state index contributed by atoms with van der Waals surface area (Å²) >= 11 is 1.51. The zero-order valence-electron chi connectivity index (χ0n) is 13.5. The Balaban J connectivity index is 2.15. The summed E-state index contributed by atoms with van der Waals surface area (Å²) in [6, 6.07) is 12.2. The Morgan fingerprint density at radius 2 is 1.75 bits per heavy atom. The molecule has 0 aliphatic rings. The van der Waals surface area contributed by atoms with Crippen LogP contribution in [0.25, 0.3) is 0 Å². The molecule has 2 aromatic rings. The van der Waals surface area contributed by atoms with Crippen molar-refractivity contribution in [1.29, 1.82) is 0 Å². The molecule has 6 nitrogen and oxygen atoms in total. The quantitative estimate of drug-likeness (QED) is 0.349. The highest BCUT2D eigenvalue weighted by Crippen LogP contribution is 2.30. The number of aryl methyl sites for hydroxylation is 1. The van der Waals surface area contributed by atoms with E-state index in [4.69, 9.17) is 0 Å². The molecule has 0 radical (unpaired) electrons. The van der Waals surface area contributed by atoms with Crippen molar-refractivity contribution in [1.82, 2.24) is 0 Å². The van der Waals surface area contributed by atoms with E-state index >= 15 is 0 Å². The molecule has 124 valence electrons. The molecule has 0 aromatic heterocycles. The Bertz CT molecular complexity index is 801. The lowest BCUT2D eigenvalue weighted by molar-refractivity contribution is -0.384. The van der Waals surface area contributed by atoms with E-state index in [2.05, 4.69) is 9.99 Å². The number of hydrogen-bond donors (Lipinski definition) is 0. The highest BCUT2D eigenvalue weighted by molar-refractivity contribution is 7.99. The molecule has 0 saturated carbocycles. The summed E-state index contributed by atoms with van der Waals surface area (Å²) in [5.74, 6) is -0.461. The number of nitrogens with zero attached hydrogens (tertiary/aromatic N) is 2. The molecule has 0 aliphatic heterocycles. The Labute approximate surface area is 143 Å². The second kappa shape index (κ2) is 7.74. The van der Waals surface area contributed by atoms with Crippen molar-refractivity contribution in [3.63, 3.8) is 0 Å². The van der Waals surface area contributed by atoms with Gasteiger partial charge in [0.1, 0.15) is 0 Å². The van der Waals surface area contributed by atoms with E-state index in [9.17, 15) is 14.9 Å². The molecule has 0 N–H and O–H groups in total. The van der Waals surface area contributed by atoms with Gasteiger partial charge in [-0.3, -0.25) is 10.1 Å². The number of carbonyl (C=O) groups is 1. The molecule has 2 rings (SSSR count). The Morgan fingerprint density at radius 3 is 2.29 bits per heavy atom. The van der Waals surface area contributed by atoms with E-state index in [0.29, 0.717) is 5.71 Å². The van der Waals surface area contributed by atoms with E-state index in [1.807, 2.05) is 25.1 Å². The first kappa shape index (κ1) is 17.7. The number of oxime groups is 1. The van der Waals surface area contributed by atoms with Crippen molar-refractivity contribution in [3.8, 4) is 0 Å². The van der Waals surface area contributed by atoms with Crippen molar-refractivity contribution in [2.75, 3.05) is 0 Å². The summed E-state index contributed by atoms with van der Waals surface area (Å²) in [4.78, 5) is 27.6. The van der Waals surface area contributed by atoms with Crippen molar-refractivity contribution < 1.29 is 14.6 Å². The standard InChI is InChI=1S/C17H16N2O4S/c1-11-10-16(8-9-17(11)12(2)18-23-13(3)20)24-15-6-4-14(5-7-15)19(21)22/h4-10H,1-3H3/b18-12+. The second-order valence-corrected chi connectivity index (χ2v) is 6.24. The first-order valence-electron chi connectivity index (χ1n) is 7.12. The maximum absolute atomic E-state index is 10.8. The Morgan fingerprint density at radius 1 is 1.12 bits per heavy atom. The Kier molecular flexibility index (Phi) is 5.70. The van der Waals surface area contributed by atoms with Crippen molar-refractivity contribution in [2.24, 2.45) is 5.16 Å². The third-order valence-electron chi connectivity index (χ3n) is 3.18. The molecule has 24 heavy (non-hydrogen) atoms. The van der Waals surface area contributed by atoms with Crippen LogP contribution in [0, 0.1) is 17.0 Å². The molecule has 0 atom stereocenters. The van der Waals surface area contributed by atoms with Gasteiger partial charge in [-0.2, -0.15) is 0 Å². The maximum Gasteiger partial charge on any atom is 0.331 e. The third-order valence-corrected chi connectivity index (χ3v) is 4.18. The first-order valence-corrected chi connectivity index (χ1v) is 7.94. The van der Waals surface area contributed by atoms with E-state index < -0.39 is 10.9 Å². The fourth-order valence-electron chi connectivity index (χ4n) is 2.06. The maximum atomic E-state index is 10.8. The number of rotatable bonds is 5. The van der Waals surface area contributed by atoms with Crippen LogP contribution in [-0.4, -0.2) is 16.6 Å². The first-order chi connectivity index (χ1) is 11.4. The topological polar surface area (TPSA) is 81.8 Å². The highest BCUT2D eigenvalue weighted by atomic mass is 32.2. The van der Waals surface area contributed by atoms with Gasteiger partial charge >= 0.3 is 5.97 Å². The van der Waals surface area contributed by atoms with Crippen LogP contribution < -0.4 is 0 Å². The van der Waals surface area contributed by atoms with E-state index in [1.165, 1.54) is 30.8 Å². The van der Waals surface area contributed by atoms with E-state index in [0.717, 1.165) is 20.9 Å². The molecule has 0 bridgehead atoms. The monoisotopic (exact) mass is 344 g/mol. The molecule has 0 fully saturated rings. The SMILES string of the molecule is CC(=O)O/N=C(\C)c1ccc(Sc2ccc([N+](=O)[O-])cc2)cc1C. The molecule has 0 unspecified atom stereocenters. The van der Waals surface area contributed by atoms with Gasteiger partial charge in [0, 0.05) is 34.4 Å². The normalized spacial score (nSPS) is 11.2. The average Bonchev–Trinajstić information content (AvgIpc) is 2.53. The predicted molar refractivity (Wildman–Crippen MR) is 92.4 cm³/mol. The number of nitro benzene ring substituents is 1. The lowest BCUT2D eigenvalue weighted by atomic mass is 10.1. The molecule has 2 aromatic carbocycles. The summed E-state index contributed by atoms with van der Waals surface area (Å²) in [5.41, 5.74) is 2.58. The molecular weight excluding hydrogens is 328 g/mol. The summed E-state index contributed by atoms with van der Waals surface area (Å²) in [7, 11) is 0. The number of carbonyl (C=O) groups excluding carboxylic acids is 1. The van der Waals surface area contributed by atoms with Crippen molar-refractivity contribution in [2.45, 2.75) is 30.6 Å². The van der Waals surface area contributed by atoms with Gasteiger partial charge in [-0.1, -0.05) is 23.0 Å². The number of benzene rings is 2. The minimum atomic E-state index is -0.461. The smallest absolute Gasteiger partial charge is 0.318 e. The number of non-ortho nitro benzene ring substituents is 1. The van der Waals surface area contributed by atoms with Crippen molar-refractivity contribution >= 4 is 29.1 Å².